The van der Waals surface area contributed by atoms with Gasteiger partial charge in [-0.15, -0.1) is 0 Å². The third-order valence-electron chi connectivity index (χ3n) is 3.99. The summed E-state index contributed by atoms with van der Waals surface area (Å²) in [6, 6.07) is 6.74. The molecule has 1 unspecified atom stereocenters. The summed E-state index contributed by atoms with van der Waals surface area (Å²) in [6.45, 7) is 3.83. The highest BCUT2D eigenvalue weighted by Crippen LogP contribution is 2.22. The third kappa shape index (κ3) is 2.31. The van der Waals surface area contributed by atoms with E-state index in [1.165, 1.54) is 0 Å². The molecule has 1 N–H and O–H groups in total. The highest BCUT2D eigenvalue weighted by atomic mass is 16.2. The number of hydrogen-bond donors (Lipinski definition) is 1. The molecule has 6 nitrogen and oxygen atoms in total. The van der Waals surface area contributed by atoms with Crippen molar-refractivity contribution in [1.82, 2.24) is 15.1 Å². The number of hydrogen-bond acceptors (Lipinski definition) is 4. The molecule has 21 heavy (non-hydrogen) atoms. The highest BCUT2D eigenvalue weighted by molar-refractivity contribution is 6.22. The molecular formula is C15H17N3O3. The van der Waals surface area contributed by atoms with Crippen LogP contribution in [0.15, 0.2) is 24.3 Å². The van der Waals surface area contributed by atoms with Gasteiger partial charge in [-0.25, -0.2) is 0 Å². The topological polar surface area (TPSA) is 69.7 Å². The number of carbonyl (C=O) groups excluding carboxylic acids is 3. The minimum absolute atomic E-state index is 0.0708. The summed E-state index contributed by atoms with van der Waals surface area (Å²) in [5.41, 5.74) is 0.757. The summed E-state index contributed by atoms with van der Waals surface area (Å²) in [7, 11) is 0. The molecule has 110 valence electrons. The van der Waals surface area contributed by atoms with Gasteiger partial charge in [0.05, 0.1) is 11.1 Å². The maximum atomic E-state index is 12.4. The van der Waals surface area contributed by atoms with E-state index >= 15 is 0 Å². The van der Waals surface area contributed by atoms with Gasteiger partial charge in [0.2, 0.25) is 5.91 Å². The molecule has 1 saturated heterocycles. The van der Waals surface area contributed by atoms with Gasteiger partial charge < -0.3 is 10.2 Å². The first-order valence-electron chi connectivity index (χ1n) is 7.05. The van der Waals surface area contributed by atoms with Crippen molar-refractivity contribution in [2.24, 2.45) is 0 Å². The fourth-order valence-corrected chi connectivity index (χ4v) is 2.82. The van der Waals surface area contributed by atoms with Gasteiger partial charge in [0.1, 0.15) is 6.54 Å². The van der Waals surface area contributed by atoms with Crippen LogP contribution >= 0.6 is 0 Å². The van der Waals surface area contributed by atoms with Crippen molar-refractivity contribution in [1.29, 1.82) is 0 Å². The molecule has 1 aromatic carbocycles. The fourth-order valence-electron chi connectivity index (χ4n) is 2.82. The van der Waals surface area contributed by atoms with Gasteiger partial charge in [0.15, 0.2) is 0 Å². The van der Waals surface area contributed by atoms with Crippen molar-refractivity contribution in [2.45, 2.75) is 13.0 Å². The first-order valence-corrected chi connectivity index (χ1v) is 7.05. The second-order valence-electron chi connectivity index (χ2n) is 5.38. The lowest BCUT2D eigenvalue weighted by atomic mass is 10.1. The smallest absolute Gasteiger partial charge is 0.262 e. The Morgan fingerprint density at radius 2 is 1.86 bits per heavy atom. The van der Waals surface area contributed by atoms with Gasteiger partial charge in [-0.2, -0.15) is 0 Å². The molecule has 1 atom stereocenters. The van der Waals surface area contributed by atoms with Crippen LogP contribution in [0.3, 0.4) is 0 Å². The van der Waals surface area contributed by atoms with Crippen LogP contribution in [-0.2, 0) is 4.79 Å². The van der Waals surface area contributed by atoms with Crippen LogP contribution in [0.1, 0.15) is 27.6 Å². The number of nitrogens with zero attached hydrogens (tertiary/aromatic N) is 2. The Kier molecular flexibility index (Phi) is 3.47. The number of imide groups is 1. The summed E-state index contributed by atoms with van der Waals surface area (Å²) in [5, 5.41) is 3.20. The second kappa shape index (κ2) is 5.29. The molecule has 0 spiro atoms. The predicted molar refractivity (Wildman–Crippen MR) is 75.9 cm³/mol. The molecule has 2 aliphatic rings. The Balaban J connectivity index is 1.76. The minimum Gasteiger partial charge on any atom is -0.336 e. The largest absolute Gasteiger partial charge is 0.336 e. The van der Waals surface area contributed by atoms with E-state index in [4.69, 9.17) is 0 Å². The van der Waals surface area contributed by atoms with Gasteiger partial charge in [-0.3, -0.25) is 19.3 Å². The summed E-state index contributed by atoms with van der Waals surface area (Å²) in [4.78, 5) is 39.6. The lowest BCUT2D eigenvalue weighted by Crippen LogP contribution is -2.55. The van der Waals surface area contributed by atoms with E-state index in [0.717, 1.165) is 18.0 Å². The number of nitrogens with one attached hydrogen (secondary N) is 1. The van der Waals surface area contributed by atoms with Crippen molar-refractivity contribution >= 4 is 17.7 Å². The first-order chi connectivity index (χ1) is 10.1. The Morgan fingerprint density at radius 1 is 1.24 bits per heavy atom. The number of piperazine rings is 1. The van der Waals surface area contributed by atoms with Crippen molar-refractivity contribution in [3.63, 3.8) is 0 Å². The van der Waals surface area contributed by atoms with E-state index in [1.807, 2.05) is 6.92 Å². The molecule has 0 aliphatic carbocycles. The lowest BCUT2D eigenvalue weighted by molar-refractivity contribution is -0.134. The zero-order valence-electron chi connectivity index (χ0n) is 11.8. The van der Waals surface area contributed by atoms with Crippen LogP contribution in [-0.4, -0.2) is 59.7 Å². The second-order valence-corrected chi connectivity index (χ2v) is 5.38. The van der Waals surface area contributed by atoms with E-state index < -0.39 is 0 Å². The molecule has 6 heteroatoms. The summed E-state index contributed by atoms with van der Waals surface area (Å²) < 4.78 is 0. The van der Waals surface area contributed by atoms with E-state index in [1.54, 1.807) is 29.2 Å². The molecule has 0 saturated carbocycles. The Labute approximate surface area is 122 Å². The Morgan fingerprint density at radius 3 is 2.43 bits per heavy atom. The van der Waals surface area contributed by atoms with Crippen molar-refractivity contribution in [3.8, 4) is 0 Å². The Bertz CT molecular complexity index is 579. The molecule has 1 fully saturated rings. The quantitative estimate of drug-likeness (QED) is 0.783. The average Bonchev–Trinajstić information content (AvgIpc) is 2.73. The summed E-state index contributed by atoms with van der Waals surface area (Å²) >= 11 is 0. The van der Waals surface area contributed by atoms with Crippen molar-refractivity contribution < 1.29 is 14.4 Å². The normalized spacial score (nSPS) is 21.7. The molecule has 0 bridgehead atoms. The van der Waals surface area contributed by atoms with Crippen molar-refractivity contribution in [2.75, 3.05) is 26.2 Å². The minimum atomic E-state index is -0.383. The van der Waals surface area contributed by atoms with Crippen LogP contribution in [0, 0.1) is 0 Å². The van der Waals surface area contributed by atoms with E-state index in [0.29, 0.717) is 17.7 Å². The fraction of sp³-hybridized carbons (Fsp3) is 0.400. The van der Waals surface area contributed by atoms with Crippen LogP contribution in [0.5, 0.6) is 0 Å². The van der Waals surface area contributed by atoms with Gasteiger partial charge in [0, 0.05) is 25.7 Å². The van der Waals surface area contributed by atoms with Gasteiger partial charge in [-0.1, -0.05) is 12.1 Å². The zero-order chi connectivity index (χ0) is 15.0. The molecule has 3 rings (SSSR count). The number of carbonyl (C=O) groups is 3. The van der Waals surface area contributed by atoms with Crippen molar-refractivity contribution in [3.05, 3.63) is 35.4 Å². The molecule has 0 radical (unpaired) electrons. The molecule has 0 aromatic heterocycles. The zero-order valence-corrected chi connectivity index (χ0v) is 11.8. The number of fused-ring (bicyclic) bond motifs is 1. The predicted octanol–water partition coefficient (Wildman–Crippen LogP) is 0.103. The molecular weight excluding hydrogens is 270 g/mol. The van der Waals surface area contributed by atoms with Crippen LogP contribution in [0.2, 0.25) is 0 Å². The summed E-state index contributed by atoms with van der Waals surface area (Å²) in [6.07, 6.45) is 0. The maximum Gasteiger partial charge on any atom is 0.262 e. The molecule has 2 heterocycles. The molecule has 3 amide bonds. The van der Waals surface area contributed by atoms with Crippen LogP contribution in [0.4, 0.5) is 0 Å². The van der Waals surface area contributed by atoms with Gasteiger partial charge in [0.25, 0.3) is 11.8 Å². The maximum absolute atomic E-state index is 12.4. The number of rotatable bonds is 2. The molecule has 1 aromatic rings. The standard InChI is InChI=1S/C15H17N3O3/c1-10-8-16-6-7-17(10)13(19)9-18-14(20)11-4-2-3-5-12(11)15(18)21/h2-5,10,16H,6-9H2,1H3. The van der Waals surface area contributed by atoms with E-state index in [-0.39, 0.29) is 30.3 Å². The average molecular weight is 287 g/mol. The SMILES string of the molecule is CC1CNCCN1C(=O)CN1C(=O)c2ccccc2C1=O. The van der Waals surface area contributed by atoms with Gasteiger partial charge >= 0.3 is 0 Å². The highest BCUT2D eigenvalue weighted by Gasteiger charge is 2.37. The van der Waals surface area contributed by atoms with Crippen LogP contribution < -0.4 is 5.32 Å². The lowest BCUT2D eigenvalue weighted by Gasteiger charge is -2.34. The third-order valence-corrected chi connectivity index (χ3v) is 3.99. The van der Waals surface area contributed by atoms with E-state index in [2.05, 4.69) is 5.32 Å². The van der Waals surface area contributed by atoms with Gasteiger partial charge in [-0.05, 0) is 19.1 Å². The van der Waals surface area contributed by atoms with Crippen LogP contribution in [0.25, 0.3) is 0 Å². The first kappa shape index (κ1) is 13.8. The summed E-state index contributed by atoms with van der Waals surface area (Å²) in [5.74, 6) is -0.947. The molecule has 2 aliphatic heterocycles. The Hall–Kier alpha value is -2.21. The number of amides is 3. The van der Waals surface area contributed by atoms with E-state index in [9.17, 15) is 14.4 Å². The number of benzene rings is 1. The monoisotopic (exact) mass is 287 g/mol.